The summed E-state index contributed by atoms with van der Waals surface area (Å²) in [6.45, 7) is 8.02. The van der Waals surface area contributed by atoms with Crippen LogP contribution < -0.4 is 0 Å². The summed E-state index contributed by atoms with van der Waals surface area (Å²) in [6.07, 6.45) is 0. The number of ether oxygens (including phenoxy) is 1. The molecule has 0 spiro atoms. The second-order valence-corrected chi connectivity index (χ2v) is 2.80. The zero-order chi connectivity index (χ0) is 8.81. The SMILES string of the molecule is C=C(C)CO[CH]c1ccccc1. The van der Waals surface area contributed by atoms with Crippen LogP contribution in [-0.2, 0) is 4.74 Å². The maximum atomic E-state index is 5.26. The van der Waals surface area contributed by atoms with Crippen LogP contribution in [0.15, 0.2) is 42.5 Å². The van der Waals surface area contributed by atoms with E-state index in [2.05, 4.69) is 6.58 Å². The van der Waals surface area contributed by atoms with Gasteiger partial charge in [-0.1, -0.05) is 42.5 Å². The van der Waals surface area contributed by atoms with E-state index in [0.717, 1.165) is 11.1 Å². The highest BCUT2D eigenvalue weighted by Crippen LogP contribution is 2.03. The summed E-state index contributed by atoms with van der Waals surface area (Å²) >= 11 is 0. The fraction of sp³-hybridized carbons (Fsp3) is 0.182. The van der Waals surface area contributed by atoms with E-state index < -0.39 is 0 Å². The van der Waals surface area contributed by atoms with Crippen molar-refractivity contribution in [1.82, 2.24) is 0 Å². The van der Waals surface area contributed by atoms with Gasteiger partial charge < -0.3 is 4.74 Å². The van der Waals surface area contributed by atoms with Gasteiger partial charge >= 0.3 is 0 Å². The van der Waals surface area contributed by atoms with Crippen LogP contribution in [0.3, 0.4) is 0 Å². The molecule has 0 aromatic heterocycles. The van der Waals surface area contributed by atoms with Crippen LogP contribution in [0.1, 0.15) is 12.5 Å². The Labute approximate surface area is 73.7 Å². The molecular formula is C11H13O. The molecule has 0 bridgehead atoms. The quantitative estimate of drug-likeness (QED) is 0.617. The number of benzene rings is 1. The van der Waals surface area contributed by atoms with Gasteiger partial charge in [0.1, 0.15) is 6.61 Å². The molecule has 0 saturated heterocycles. The Kier molecular flexibility index (Phi) is 3.55. The summed E-state index contributed by atoms with van der Waals surface area (Å²) in [5, 5.41) is 0. The van der Waals surface area contributed by atoms with Crippen LogP contribution in [0.25, 0.3) is 0 Å². The van der Waals surface area contributed by atoms with Gasteiger partial charge in [-0.15, -0.1) is 0 Å². The first-order valence-corrected chi connectivity index (χ1v) is 3.93. The van der Waals surface area contributed by atoms with Crippen LogP contribution >= 0.6 is 0 Å². The van der Waals surface area contributed by atoms with Crippen LogP contribution in [0, 0.1) is 6.61 Å². The van der Waals surface area contributed by atoms with Crippen molar-refractivity contribution in [1.29, 1.82) is 0 Å². The van der Waals surface area contributed by atoms with Crippen molar-refractivity contribution in [3.05, 3.63) is 54.7 Å². The van der Waals surface area contributed by atoms with Gasteiger partial charge in [0.05, 0.1) is 6.61 Å². The van der Waals surface area contributed by atoms with Gasteiger partial charge in [0.2, 0.25) is 0 Å². The first-order valence-electron chi connectivity index (χ1n) is 3.93. The third-order valence-corrected chi connectivity index (χ3v) is 1.35. The van der Waals surface area contributed by atoms with Crippen molar-refractivity contribution < 1.29 is 4.74 Å². The Bertz CT molecular complexity index is 238. The van der Waals surface area contributed by atoms with Gasteiger partial charge in [-0.2, -0.15) is 0 Å². The minimum absolute atomic E-state index is 0.592. The van der Waals surface area contributed by atoms with Crippen LogP contribution in [0.5, 0.6) is 0 Å². The summed E-state index contributed by atoms with van der Waals surface area (Å²) in [7, 11) is 0. The van der Waals surface area contributed by atoms with Gasteiger partial charge in [-0.05, 0) is 12.5 Å². The van der Waals surface area contributed by atoms with E-state index in [9.17, 15) is 0 Å². The standard InChI is InChI=1S/C11H13O/c1-10(2)8-12-9-11-6-4-3-5-7-11/h3-7,9H,1,8H2,2H3. The topological polar surface area (TPSA) is 9.23 Å². The average Bonchev–Trinajstić information content (AvgIpc) is 2.05. The molecule has 0 fully saturated rings. The predicted octanol–water partition coefficient (Wildman–Crippen LogP) is 2.79. The maximum Gasteiger partial charge on any atom is 0.113 e. The van der Waals surface area contributed by atoms with Gasteiger partial charge in [-0.25, -0.2) is 0 Å². The molecule has 0 aliphatic heterocycles. The molecule has 0 amide bonds. The summed E-state index contributed by atoms with van der Waals surface area (Å²) in [6, 6.07) is 9.94. The largest absolute Gasteiger partial charge is 0.366 e. The van der Waals surface area contributed by atoms with Crippen molar-refractivity contribution in [2.75, 3.05) is 6.61 Å². The van der Waals surface area contributed by atoms with Gasteiger partial charge in [0, 0.05) is 0 Å². The normalized spacial score (nSPS) is 9.75. The first kappa shape index (κ1) is 9.01. The van der Waals surface area contributed by atoms with Crippen molar-refractivity contribution in [2.24, 2.45) is 0 Å². The zero-order valence-electron chi connectivity index (χ0n) is 7.29. The second-order valence-electron chi connectivity index (χ2n) is 2.80. The molecule has 0 atom stereocenters. The van der Waals surface area contributed by atoms with Gasteiger partial charge in [0.15, 0.2) is 0 Å². The lowest BCUT2D eigenvalue weighted by Crippen LogP contribution is -1.92. The predicted molar refractivity (Wildman–Crippen MR) is 50.6 cm³/mol. The number of hydrogen-bond acceptors (Lipinski definition) is 1. The molecular weight excluding hydrogens is 148 g/mol. The fourth-order valence-electron chi connectivity index (χ4n) is 0.812. The van der Waals surface area contributed by atoms with E-state index in [1.807, 2.05) is 37.3 Å². The van der Waals surface area contributed by atoms with Crippen LogP contribution in [0.4, 0.5) is 0 Å². The Hall–Kier alpha value is -1.08. The monoisotopic (exact) mass is 161 g/mol. The Morgan fingerprint density at radius 3 is 2.67 bits per heavy atom. The Morgan fingerprint density at radius 1 is 1.42 bits per heavy atom. The van der Waals surface area contributed by atoms with Crippen LogP contribution in [0.2, 0.25) is 0 Å². The molecule has 0 heterocycles. The molecule has 63 valence electrons. The molecule has 1 radical (unpaired) electrons. The summed E-state index contributed by atoms with van der Waals surface area (Å²) in [5.41, 5.74) is 2.11. The average molecular weight is 161 g/mol. The van der Waals surface area contributed by atoms with E-state index in [0.29, 0.717) is 6.61 Å². The van der Waals surface area contributed by atoms with E-state index in [4.69, 9.17) is 4.74 Å². The molecule has 1 nitrogen and oxygen atoms in total. The van der Waals surface area contributed by atoms with E-state index in [-0.39, 0.29) is 0 Å². The molecule has 0 aliphatic rings. The molecule has 0 N–H and O–H groups in total. The smallest absolute Gasteiger partial charge is 0.113 e. The summed E-state index contributed by atoms with van der Waals surface area (Å²) < 4.78 is 5.26. The zero-order valence-corrected chi connectivity index (χ0v) is 7.29. The molecule has 1 aromatic rings. The lowest BCUT2D eigenvalue weighted by atomic mass is 10.2. The van der Waals surface area contributed by atoms with E-state index in [1.165, 1.54) is 0 Å². The van der Waals surface area contributed by atoms with Crippen molar-refractivity contribution in [3.8, 4) is 0 Å². The molecule has 0 aliphatic carbocycles. The Balaban J connectivity index is 2.29. The molecule has 1 aromatic carbocycles. The van der Waals surface area contributed by atoms with Crippen molar-refractivity contribution in [3.63, 3.8) is 0 Å². The first-order chi connectivity index (χ1) is 5.79. The molecule has 12 heavy (non-hydrogen) atoms. The highest BCUT2D eigenvalue weighted by Gasteiger charge is 1.91. The Morgan fingerprint density at radius 2 is 2.08 bits per heavy atom. The fourth-order valence-corrected chi connectivity index (χ4v) is 0.812. The highest BCUT2D eigenvalue weighted by atomic mass is 16.5. The van der Waals surface area contributed by atoms with Gasteiger partial charge in [-0.3, -0.25) is 0 Å². The minimum atomic E-state index is 0.592. The third kappa shape index (κ3) is 3.35. The highest BCUT2D eigenvalue weighted by molar-refractivity contribution is 5.19. The number of rotatable bonds is 4. The van der Waals surface area contributed by atoms with E-state index >= 15 is 0 Å². The van der Waals surface area contributed by atoms with Gasteiger partial charge in [0.25, 0.3) is 0 Å². The summed E-state index contributed by atoms with van der Waals surface area (Å²) in [4.78, 5) is 0. The van der Waals surface area contributed by atoms with Crippen molar-refractivity contribution >= 4 is 0 Å². The molecule has 0 unspecified atom stereocenters. The maximum absolute atomic E-state index is 5.26. The minimum Gasteiger partial charge on any atom is -0.366 e. The molecule has 0 saturated carbocycles. The lowest BCUT2D eigenvalue weighted by molar-refractivity contribution is 0.240. The third-order valence-electron chi connectivity index (χ3n) is 1.35. The van der Waals surface area contributed by atoms with Crippen LogP contribution in [-0.4, -0.2) is 6.61 Å². The second kappa shape index (κ2) is 4.73. The molecule has 1 heteroatoms. The van der Waals surface area contributed by atoms with E-state index in [1.54, 1.807) is 6.61 Å². The lowest BCUT2D eigenvalue weighted by Gasteiger charge is -2.01. The number of hydrogen-bond donors (Lipinski definition) is 0. The molecule has 1 rings (SSSR count). The summed E-state index contributed by atoms with van der Waals surface area (Å²) in [5.74, 6) is 0. The van der Waals surface area contributed by atoms with Crippen molar-refractivity contribution in [2.45, 2.75) is 6.92 Å².